The van der Waals surface area contributed by atoms with Crippen LogP contribution >= 0.6 is 0 Å². The minimum Gasteiger partial charge on any atom is -0.490 e. The van der Waals surface area contributed by atoms with Crippen molar-refractivity contribution in [2.24, 2.45) is 0 Å². The molecule has 1 aliphatic rings. The molecule has 0 spiro atoms. The van der Waals surface area contributed by atoms with Crippen LogP contribution in [0.1, 0.15) is 19.4 Å². The van der Waals surface area contributed by atoms with E-state index >= 15 is 0 Å². The van der Waals surface area contributed by atoms with Crippen molar-refractivity contribution < 1.29 is 14.6 Å². The Hall–Kier alpha value is -1.10. The lowest BCUT2D eigenvalue weighted by Crippen LogP contribution is -2.47. The van der Waals surface area contributed by atoms with Gasteiger partial charge < -0.3 is 14.6 Å². The number of hydrogen-bond donors (Lipinski definition) is 1. The number of rotatable bonds is 5. The molecule has 1 heterocycles. The fourth-order valence-electron chi connectivity index (χ4n) is 2.27. The molecule has 19 heavy (non-hydrogen) atoms. The number of benzene rings is 1. The Bertz CT molecular complexity index is 395. The van der Waals surface area contributed by atoms with Gasteiger partial charge in [-0.05, 0) is 19.9 Å². The van der Waals surface area contributed by atoms with Crippen molar-refractivity contribution >= 4 is 0 Å². The molecule has 0 amide bonds. The number of nitrogens with zero attached hydrogens (tertiary/aromatic N) is 1. The molecule has 0 radical (unpaired) electrons. The lowest BCUT2D eigenvalue weighted by atomic mass is 10.2. The number of para-hydroxylation sites is 1. The fourth-order valence-corrected chi connectivity index (χ4v) is 2.27. The van der Waals surface area contributed by atoms with Crippen molar-refractivity contribution in [2.75, 3.05) is 26.3 Å². The number of aliphatic hydroxyl groups excluding tert-OH is 1. The lowest BCUT2D eigenvalue weighted by molar-refractivity contribution is -0.0566. The van der Waals surface area contributed by atoms with Crippen LogP contribution in [0.15, 0.2) is 24.3 Å². The van der Waals surface area contributed by atoms with Gasteiger partial charge in [0.25, 0.3) is 0 Å². The predicted molar refractivity (Wildman–Crippen MR) is 74.3 cm³/mol. The lowest BCUT2D eigenvalue weighted by Gasteiger charge is -2.35. The smallest absolute Gasteiger partial charge is 0.124 e. The Kier molecular flexibility index (Phi) is 5.19. The van der Waals surface area contributed by atoms with Gasteiger partial charge in [-0.3, -0.25) is 4.90 Å². The van der Waals surface area contributed by atoms with E-state index in [9.17, 15) is 5.11 Å². The van der Waals surface area contributed by atoms with E-state index in [2.05, 4.69) is 18.7 Å². The highest BCUT2D eigenvalue weighted by atomic mass is 16.5. The van der Waals surface area contributed by atoms with Gasteiger partial charge in [0.2, 0.25) is 0 Å². The largest absolute Gasteiger partial charge is 0.490 e. The van der Waals surface area contributed by atoms with Crippen molar-refractivity contribution in [1.29, 1.82) is 0 Å². The number of morpholine rings is 1. The third-order valence-electron chi connectivity index (χ3n) is 3.47. The number of ether oxygens (including phenoxy) is 2. The molecule has 0 bridgehead atoms. The second-order valence-corrected chi connectivity index (χ2v) is 5.16. The van der Waals surface area contributed by atoms with Crippen molar-refractivity contribution in [3.63, 3.8) is 0 Å². The Morgan fingerprint density at radius 2 is 2.21 bits per heavy atom. The SMILES string of the molecule is CC(C)N1CCOC(COc2ccccc2CO)C1. The van der Waals surface area contributed by atoms with Crippen LogP contribution in [0.3, 0.4) is 0 Å². The van der Waals surface area contributed by atoms with Gasteiger partial charge in [-0.2, -0.15) is 0 Å². The molecular formula is C15H23NO3. The standard InChI is InChI=1S/C15H23NO3/c1-12(2)16-7-8-18-14(9-16)11-19-15-6-4-3-5-13(15)10-17/h3-6,12,14,17H,7-11H2,1-2H3. The third-order valence-corrected chi connectivity index (χ3v) is 3.47. The van der Waals surface area contributed by atoms with Crippen LogP contribution in [0.5, 0.6) is 5.75 Å². The maximum atomic E-state index is 9.25. The van der Waals surface area contributed by atoms with Crippen LogP contribution in [0, 0.1) is 0 Å². The molecule has 1 aromatic rings. The Morgan fingerprint density at radius 1 is 1.42 bits per heavy atom. The van der Waals surface area contributed by atoms with Crippen molar-refractivity contribution in [2.45, 2.75) is 32.6 Å². The summed E-state index contributed by atoms with van der Waals surface area (Å²) < 4.78 is 11.5. The summed E-state index contributed by atoms with van der Waals surface area (Å²) in [6.45, 7) is 7.57. The molecule has 0 aromatic heterocycles. The van der Waals surface area contributed by atoms with Gasteiger partial charge in [0, 0.05) is 24.7 Å². The maximum absolute atomic E-state index is 9.25. The zero-order chi connectivity index (χ0) is 13.7. The summed E-state index contributed by atoms with van der Waals surface area (Å²) in [5, 5.41) is 9.25. The van der Waals surface area contributed by atoms with Gasteiger partial charge in [-0.15, -0.1) is 0 Å². The average Bonchev–Trinajstić information content (AvgIpc) is 2.45. The van der Waals surface area contributed by atoms with E-state index in [1.165, 1.54) is 0 Å². The van der Waals surface area contributed by atoms with E-state index in [4.69, 9.17) is 9.47 Å². The van der Waals surface area contributed by atoms with Crippen LogP contribution in [0.4, 0.5) is 0 Å². The first-order chi connectivity index (χ1) is 9.20. The Labute approximate surface area is 114 Å². The summed E-state index contributed by atoms with van der Waals surface area (Å²) in [4.78, 5) is 2.40. The molecule has 1 saturated heterocycles. The molecule has 0 aliphatic carbocycles. The summed E-state index contributed by atoms with van der Waals surface area (Å²) in [7, 11) is 0. The van der Waals surface area contributed by atoms with Gasteiger partial charge in [0.05, 0.1) is 13.2 Å². The average molecular weight is 265 g/mol. The second-order valence-electron chi connectivity index (χ2n) is 5.16. The quantitative estimate of drug-likeness (QED) is 0.879. The first-order valence-corrected chi connectivity index (χ1v) is 6.88. The Balaban J connectivity index is 1.88. The van der Waals surface area contributed by atoms with E-state index in [0.29, 0.717) is 12.6 Å². The second kappa shape index (κ2) is 6.89. The van der Waals surface area contributed by atoms with Crippen LogP contribution in [0.2, 0.25) is 0 Å². The third kappa shape index (κ3) is 3.93. The van der Waals surface area contributed by atoms with Crippen LogP contribution < -0.4 is 4.74 Å². The molecule has 1 unspecified atom stereocenters. The summed E-state index contributed by atoms with van der Waals surface area (Å²) in [5.41, 5.74) is 0.819. The molecule has 1 N–H and O–H groups in total. The highest BCUT2D eigenvalue weighted by Gasteiger charge is 2.22. The highest BCUT2D eigenvalue weighted by molar-refractivity contribution is 5.32. The highest BCUT2D eigenvalue weighted by Crippen LogP contribution is 2.19. The number of aliphatic hydroxyl groups is 1. The van der Waals surface area contributed by atoms with E-state index in [0.717, 1.165) is 31.0 Å². The zero-order valence-electron chi connectivity index (χ0n) is 11.7. The summed E-state index contributed by atoms with van der Waals surface area (Å²) in [5.74, 6) is 0.746. The van der Waals surface area contributed by atoms with E-state index < -0.39 is 0 Å². The minimum absolute atomic E-state index is 0.000182. The van der Waals surface area contributed by atoms with Gasteiger partial charge in [0.1, 0.15) is 18.5 Å². The van der Waals surface area contributed by atoms with Crippen molar-refractivity contribution in [3.8, 4) is 5.75 Å². The fraction of sp³-hybridized carbons (Fsp3) is 0.600. The molecule has 1 atom stereocenters. The van der Waals surface area contributed by atoms with Gasteiger partial charge >= 0.3 is 0 Å². The predicted octanol–water partition coefficient (Wildman–Crippen LogP) is 1.67. The Morgan fingerprint density at radius 3 is 2.95 bits per heavy atom. The molecule has 1 fully saturated rings. The zero-order valence-corrected chi connectivity index (χ0v) is 11.7. The molecule has 1 aromatic carbocycles. The molecule has 4 heteroatoms. The maximum Gasteiger partial charge on any atom is 0.124 e. The first-order valence-electron chi connectivity index (χ1n) is 6.88. The molecule has 106 valence electrons. The summed E-state index contributed by atoms with van der Waals surface area (Å²) in [6.07, 6.45) is 0.0999. The van der Waals surface area contributed by atoms with E-state index in [1.54, 1.807) is 0 Å². The van der Waals surface area contributed by atoms with Gasteiger partial charge in [-0.1, -0.05) is 18.2 Å². The molecule has 4 nitrogen and oxygen atoms in total. The van der Waals surface area contributed by atoms with Gasteiger partial charge in [-0.25, -0.2) is 0 Å². The van der Waals surface area contributed by atoms with E-state index in [1.807, 2.05) is 24.3 Å². The van der Waals surface area contributed by atoms with Crippen molar-refractivity contribution in [1.82, 2.24) is 4.90 Å². The molecule has 0 saturated carbocycles. The molecular weight excluding hydrogens is 242 g/mol. The summed E-state index contributed by atoms with van der Waals surface area (Å²) >= 11 is 0. The normalized spacial score (nSPS) is 20.7. The summed E-state index contributed by atoms with van der Waals surface area (Å²) in [6, 6.07) is 8.11. The topological polar surface area (TPSA) is 41.9 Å². The van der Waals surface area contributed by atoms with Gasteiger partial charge in [0.15, 0.2) is 0 Å². The van der Waals surface area contributed by atoms with Crippen LogP contribution in [-0.4, -0.2) is 48.5 Å². The van der Waals surface area contributed by atoms with Crippen LogP contribution in [-0.2, 0) is 11.3 Å². The monoisotopic (exact) mass is 265 g/mol. The first kappa shape index (κ1) is 14.3. The van der Waals surface area contributed by atoms with Crippen molar-refractivity contribution in [3.05, 3.63) is 29.8 Å². The minimum atomic E-state index is -0.000182. The molecule has 1 aliphatic heterocycles. The molecule has 2 rings (SSSR count). The number of hydrogen-bond acceptors (Lipinski definition) is 4. The van der Waals surface area contributed by atoms with E-state index in [-0.39, 0.29) is 12.7 Å². The van der Waals surface area contributed by atoms with Crippen LogP contribution in [0.25, 0.3) is 0 Å².